The average molecular weight is 541 g/mol. The van der Waals surface area contributed by atoms with Crippen LogP contribution in [0.25, 0.3) is 11.2 Å². The standard InChI is InChI=1S/C27H45ClN4O3S/c1-21(2)35-23(34)17-15-13-11-9-7-5-4-6-8-10-12-14-16-18-32-22(3)29-25-24(32)26(36-20-19-33)31-27(28)30-25/h21,33H,4-20H2,1-3H3. The molecule has 0 spiro atoms. The number of unbranched alkanes of at least 4 members (excludes halogenated alkanes) is 12. The first-order chi connectivity index (χ1) is 17.4. The zero-order valence-electron chi connectivity index (χ0n) is 22.4. The Morgan fingerprint density at radius 3 is 2.03 bits per heavy atom. The van der Waals surface area contributed by atoms with Crippen molar-refractivity contribution >= 4 is 40.5 Å². The van der Waals surface area contributed by atoms with Gasteiger partial charge in [0.2, 0.25) is 5.28 Å². The molecule has 0 aliphatic rings. The first-order valence-corrected chi connectivity index (χ1v) is 15.1. The van der Waals surface area contributed by atoms with Crippen LogP contribution in [0, 0.1) is 6.92 Å². The molecule has 0 aromatic carbocycles. The van der Waals surface area contributed by atoms with E-state index in [0.29, 0.717) is 17.8 Å². The fourth-order valence-corrected chi connectivity index (χ4v) is 5.40. The summed E-state index contributed by atoms with van der Waals surface area (Å²) in [6.07, 6.45) is 16.6. The Labute approximate surface area is 226 Å². The van der Waals surface area contributed by atoms with Crippen molar-refractivity contribution in [3.05, 3.63) is 11.1 Å². The largest absolute Gasteiger partial charge is 0.463 e. The molecule has 0 saturated heterocycles. The second-order valence-electron chi connectivity index (χ2n) is 9.74. The minimum atomic E-state index is -0.0576. The Morgan fingerprint density at radius 1 is 0.917 bits per heavy atom. The molecule has 2 heterocycles. The summed E-state index contributed by atoms with van der Waals surface area (Å²) in [5, 5.41) is 10.2. The maximum Gasteiger partial charge on any atom is 0.306 e. The van der Waals surface area contributed by atoms with Gasteiger partial charge in [-0.1, -0.05) is 70.6 Å². The molecule has 0 amide bonds. The van der Waals surface area contributed by atoms with Crippen molar-refractivity contribution in [3.8, 4) is 0 Å². The van der Waals surface area contributed by atoms with Gasteiger partial charge in [-0.25, -0.2) is 9.97 Å². The number of aliphatic hydroxyl groups excluding tert-OH is 1. The van der Waals surface area contributed by atoms with Crippen molar-refractivity contribution in [2.24, 2.45) is 0 Å². The van der Waals surface area contributed by atoms with E-state index in [1.54, 1.807) is 0 Å². The molecule has 1 N–H and O–H groups in total. The van der Waals surface area contributed by atoms with Gasteiger partial charge < -0.3 is 14.4 Å². The van der Waals surface area contributed by atoms with Crippen molar-refractivity contribution in [3.63, 3.8) is 0 Å². The number of imidazole rings is 1. The van der Waals surface area contributed by atoms with E-state index in [4.69, 9.17) is 16.3 Å². The lowest BCUT2D eigenvalue weighted by Gasteiger charge is -2.09. The predicted molar refractivity (Wildman–Crippen MR) is 149 cm³/mol. The number of rotatable bonds is 20. The molecular weight excluding hydrogens is 496 g/mol. The maximum atomic E-state index is 11.5. The van der Waals surface area contributed by atoms with E-state index in [1.807, 2.05) is 20.8 Å². The molecule has 2 aromatic heterocycles. The van der Waals surface area contributed by atoms with Crippen molar-refractivity contribution in [2.45, 2.75) is 128 Å². The van der Waals surface area contributed by atoms with E-state index in [9.17, 15) is 9.90 Å². The number of ether oxygens (including phenoxy) is 1. The van der Waals surface area contributed by atoms with E-state index in [0.717, 1.165) is 42.2 Å². The molecular formula is C27H45ClN4O3S. The van der Waals surface area contributed by atoms with Crippen LogP contribution in [-0.2, 0) is 16.1 Å². The molecule has 0 unspecified atom stereocenters. The van der Waals surface area contributed by atoms with Crippen LogP contribution in [0.3, 0.4) is 0 Å². The lowest BCUT2D eigenvalue weighted by Crippen LogP contribution is -2.10. The summed E-state index contributed by atoms with van der Waals surface area (Å²) in [5.74, 6) is 1.45. The summed E-state index contributed by atoms with van der Waals surface area (Å²) in [4.78, 5) is 24.7. The van der Waals surface area contributed by atoms with E-state index in [-0.39, 0.29) is 24.0 Å². The molecule has 7 nitrogen and oxygen atoms in total. The van der Waals surface area contributed by atoms with E-state index < -0.39 is 0 Å². The molecule has 0 saturated carbocycles. The average Bonchev–Trinajstić information content (AvgIpc) is 3.14. The molecule has 2 rings (SSSR count). The highest BCUT2D eigenvalue weighted by Crippen LogP contribution is 2.28. The number of thioether (sulfide) groups is 1. The van der Waals surface area contributed by atoms with Crippen molar-refractivity contribution in [1.29, 1.82) is 0 Å². The number of hydrogen-bond acceptors (Lipinski definition) is 7. The van der Waals surface area contributed by atoms with Gasteiger partial charge in [-0.15, -0.1) is 11.8 Å². The third-order valence-corrected chi connectivity index (χ3v) is 7.31. The fraction of sp³-hybridized carbons (Fsp3) is 0.778. The van der Waals surface area contributed by atoms with Crippen LogP contribution in [0.1, 0.15) is 110 Å². The minimum absolute atomic E-state index is 0.00293. The van der Waals surface area contributed by atoms with Crippen LogP contribution < -0.4 is 0 Å². The number of hydrogen-bond donors (Lipinski definition) is 1. The van der Waals surface area contributed by atoms with Crippen LogP contribution in [-0.4, -0.2) is 49.1 Å². The number of nitrogens with zero attached hydrogens (tertiary/aromatic N) is 4. The smallest absolute Gasteiger partial charge is 0.306 e. The summed E-state index contributed by atoms with van der Waals surface area (Å²) in [6.45, 7) is 6.79. The van der Waals surface area contributed by atoms with Gasteiger partial charge in [-0.2, -0.15) is 4.98 Å². The normalized spacial score (nSPS) is 11.6. The van der Waals surface area contributed by atoms with E-state index in [1.165, 1.54) is 76.0 Å². The Balaban J connectivity index is 1.50. The summed E-state index contributed by atoms with van der Waals surface area (Å²) in [5.41, 5.74) is 1.57. The lowest BCUT2D eigenvalue weighted by molar-refractivity contribution is -0.147. The lowest BCUT2D eigenvalue weighted by atomic mass is 10.0. The number of carbonyl (C=O) groups excluding carboxylic acids is 1. The fourth-order valence-electron chi connectivity index (χ4n) is 4.41. The number of fused-ring (bicyclic) bond motifs is 1. The highest BCUT2D eigenvalue weighted by Gasteiger charge is 2.16. The van der Waals surface area contributed by atoms with Crippen LogP contribution in [0.4, 0.5) is 0 Å². The molecule has 36 heavy (non-hydrogen) atoms. The van der Waals surface area contributed by atoms with Crippen LogP contribution in [0.15, 0.2) is 5.03 Å². The Hall–Kier alpha value is -1.38. The minimum Gasteiger partial charge on any atom is -0.463 e. The Bertz CT molecular complexity index is 907. The number of carbonyl (C=O) groups is 1. The molecule has 0 radical (unpaired) electrons. The summed E-state index contributed by atoms with van der Waals surface area (Å²) >= 11 is 7.56. The highest BCUT2D eigenvalue weighted by molar-refractivity contribution is 7.99. The molecule has 0 aliphatic carbocycles. The van der Waals surface area contributed by atoms with Gasteiger partial charge >= 0.3 is 5.97 Å². The Kier molecular flexibility index (Phi) is 15.4. The van der Waals surface area contributed by atoms with Crippen molar-refractivity contribution < 1.29 is 14.6 Å². The molecule has 0 bridgehead atoms. The zero-order chi connectivity index (χ0) is 26.2. The van der Waals surface area contributed by atoms with Crippen molar-refractivity contribution in [2.75, 3.05) is 12.4 Å². The maximum absolute atomic E-state index is 11.5. The molecule has 9 heteroatoms. The number of esters is 1. The predicted octanol–water partition coefficient (Wildman–Crippen LogP) is 7.29. The number of aromatic nitrogens is 4. The molecule has 204 valence electrons. The van der Waals surface area contributed by atoms with Crippen molar-refractivity contribution in [1.82, 2.24) is 19.5 Å². The molecule has 0 aliphatic heterocycles. The first-order valence-electron chi connectivity index (χ1n) is 13.8. The van der Waals surface area contributed by atoms with Gasteiger partial charge in [0.15, 0.2) is 5.65 Å². The Morgan fingerprint density at radius 2 is 1.47 bits per heavy atom. The van der Waals surface area contributed by atoms with E-state index in [2.05, 4.69) is 19.5 Å². The summed E-state index contributed by atoms with van der Waals surface area (Å²) in [7, 11) is 0. The molecule has 0 fully saturated rings. The van der Waals surface area contributed by atoms with Gasteiger partial charge in [0, 0.05) is 18.7 Å². The monoisotopic (exact) mass is 540 g/mol. The van der Waals surface area contributed by atoms with Crippen LogP contribution in [0.2, 0.25) is 5.28 Å². The first kappa shape index (κ1) is 30.8. The third kappa shape index (κ3) is 11.8. The van der Waals surface area contributed by atoms with E-state index >= 15 is 0 Å². The van der Waals surface area contributed by atoms with Crippen LogP contribution in [0.5, 0.6) is 0 Å². The highest BCUT2D eigenvalue weighted by atomic mass is 35.5. The van der Waals surface area contributed by atoms with Gasteiger partial charge in [0.25, 0.3) is 0 Å². The van der Waals surface area contributed by atoms with Gasteiger partial charge in [-0.3, -0.25) is 4.79 Å². The molecule has 0 atom stereocenters. The third-order valence-electron chi connectivity index (χ3n) is 6.19. The zero-order valence-corrected chi connectivity index (χ0v) is 24.0. The SMILES string of the molecule is Cc1nc2nc(Cl)nc(SCCO)c2n1CCCCCCCCCCCCCCCC(=O)OC(C)C. The topological polar surface area (TPSA) is 90.1 Å². The summed E-state index contributed by atoms with van der Waals surface area (Å²) in [6, 6.07) is 0. The van der Waals surface area contributed by atoms with Gasteiger partial charge in [-0.05, 0) is 45.2 Å². The number of aryl methyl sites for hydroxylation is 2. The second-order valence-corrected chi connectivity index (χ2v) is 11.2. The second kappa shape index (κ2) is 18.0. The van der Waals surface area contributed by atoms with Gasteiger partial charge in [0.1, 0.15) is 16.4 Å². The quantitative estimate of drug-likeness (QED) is 0.0619. The number of halogens is 1. The summed E-state index contributed by atoms with van der Waals surface area (Å²) < 4.78 is 7.36. The van der Waals surface area contributed by atoms with Crippen LogP contribution >= 0.6 is 23.4 Å². The molecule has 2 aromatic rings. The number of aliphatic hydroxyl groups is 1. The van der Waals surface area contributed by atoms with Gasteiger partial charge in [0.05, 0.1) is 12.7 Å².